The Morgan fingerprint density at radius 1 is 1.33 bits per heavy atom. The third-order valence-corrected chi connectivity index (χ3v) is 3.66. The zero-order chi connectivity index (χ0) is 15.4. The second-order valence-electron chi connectivity index (χ2n) is 4.79. The molecule has 1 aromatic carbocycles. The van der Waals surface area contributed by atoms with Crippen LogP contribution in [0.2, 0.25) is 5.02 Å². The summed E-state index contributed by atoms with van der Waals surface area (Å²) in [5.41, 5.74) is 9.39. The topological polar surface area (TPSA) is 51.3 Å². The molecule has 0 aliphatic carbocycles. The van der Waals surface area contributed by atoms with Crippen LogP contribution in [0.3, 0.4) is 0 Å². The maximum atomic E-state index is 6.27. The zero-order valence-electron chi connectivity index (χ0n) is 12.1. The van der Waals surface area contributed by atoms with Crippen LogP contribution >= 0.6 is 24.2 Å². The number of aliphatic imine (C=N–C) groups is 1. The maximum absolute atomic E-state index is 6.27. The Morgan fingerprint density at radius 3 is 2.76 bits per heavy atom. The van der Waals surface area contributed by atoms with Crippen molar-refractivity contribution < 1.29 is 0 Å². The molecule has 0 spiro atoms. The molecule has 110 valence electrons. The molecule has 0 amide bonds. The van der Waals surface area contributed by atoms with Crippen molar-refractivity contribution in [1.29, 1.82) is 0 Å². The Labute approximate surface area is 135 Å². The smallest absolute Gasteiger partial charge is 0.144 e. The number of hydrogen-bond donors (Lipinski definition) is 2. The fourth-order valence-corrected chi connectivity index (χ4v) is 2.51. The molecule has 21 heavy (non-hydrogen) atoms. The van der Waals surface area contributed by atoms with Crippen LogP contribution in [0.4, 0.5) is 0 Å². The lowest BCUT2D eigenvalue weighted by molar-refractivity contribution is 0.928. The van der Waals surface area contributed by atoms with Gasteiger partial charge in [-0.3, -0.25) is 4.99 Å². The lowest BCUT2D eigenvalue weighted by atomic mass is 10.1. The predicted molar refractivity (Wildman–Crippen MR) is 92.6 cm³/mol. The van der Waals surface area contributed by atoms with Crippen LogP contribution in [-0.2, 0) is 0 Å². The Hall–Kier alpha value is -1.52. The van der Waals surface area contributed by atoms with Crippen molar-refractivity contribution in [2.45, 2.75) is 25.2 Å². The van der Waals surface area contributed by atoms with Gasteiger partial charge in [0, 0.05) is 17.0 Å². The largest absolute Gasteiger partial charge is 0.382 e. The van der Waals surface area contributed by atoms with Crippen molar-refractivity contribution >= 4 is 30.1 Å². The van der Waals surface area contributed by atoms with Gasteiger partial charge in [0.25, 0.3) is 0 Å². The van der Waals surface area contributed by atoms with E-state index in [2.05, 4.69) is 29.5 Å². The summed E-state index contributed by atoms with van der Waals surface area (Å²) in [5.74, 6) is 0.470. The molecule has 0 saturated heterocycles. The number of rotatable bonds is 4. The van der Waals surface area contributed by atoms with Gasteiger partial charge in [-0.1, -0.05) is 30.7 Å². The van der Waals surface area contributed by atoms with E-state index < -0.39 is 0 Å². The van der Waals surface area contributed by atoms with Crippen molar-refractivity contribution in [2.24, 2.45) is 10.7 Å². The Bertz CT molecular complexity index is 683. The van der Waals surface area contributed by atoms with Gasteiger partial charge in [0.1, 0.15) is 11.5 Å². The molecular weight excluding hydrogens is 302 g/mol. The molecule has 1 aromatic heterocycles. The zero-order valence-corrected chi connectivity index (χ0v) is 13.7. The van der Waals surface area contributed by atoms with Crippen molar-refractivity contribution in [3.05, 3.63) is 46.6 Å². The maximum Gasteiger partial charge on any atom is 0.144 e. The predicted octanol–water partition coefficient (Wildman–Crippen LogP) is 4.11. The van der Waals surface area contributed by atoms with Crippen LogP contribution in [-0.4, -0.2) is 17.4 Å². The number of nitrogens with two attached hydrogens (primary N) is 1. The highest BCUT2D eigenvalue weighted by Crippen LogP contribution is 2.29. The van der Waals surface area contributed by atoms with Gasteiger partial charge < -0.3 is 5.73 Å². The Balaban J connectivity index is 2.47. The number of hydrogen-bond acceptors (Lipinski definition) is 3. The molecule has 0 saturated carbocycles. The average Bonchev–Trinajstić information content (AvgIpc) is 2.45. The number of nitrogens with zero attached hydrogens (tertiary/aromatic N) is 2. The number of thiol groups is 1. The molecule has 3 nitrogen and oxygen atoms in total. The van der Waals surface area contributed by atoms with E-state index in [0.29, 0.717) is 23.1 Å². The van der Waals surface area contributed by atoms with Crippen molar-refractivity contribution in [3.8, 4) is 11.3 Å². The average molecular weight is 320 g/mol. The van der Waals surface area contributed by atoms with Crippen LogP contribution in [0.25, 0.3) is 11.3 Å². The molecule has 0 unspecified atom stereocenters. The van der Waals surface area contributed by atoms with Crippen LogP contribution in [0.15, 0.2) is 40.2 Å². The van der Waals surface area contributed by atoms with E-state index in [1.807, 2.05) is 31.2 Å². The first-order valence-electron chi connectivity index (χ1n) is 6.79. The lowest BCUT2D eigenvalue weighted by Gasteiger charge is -2.09. The van der Waals surface area contributed by atoms with E-state index in [0.717, 1.165) is 28.1 Å². The number of amidine groups is 1. The van der Waals surface area contributed by atoms with Crippen LogP contribution < -0.4 is 5.73 Å². The highest BCUT2D eigenvalue weighted by molar-refractivity contribution is 7.80. The number of pyridine rings is 1. The molecule has 0 aliphatic heterocycles. The summed E-state index contributed by atoms with van der Waals surface area (Å²) in [6.45, 7) is 4.73. The number of aryl methyl sites for hydroxylation is 1. The first kappa shape index (κ1) is 15.9. The van der Waals surface area contributed by atoms with E-state index in [1.165, 1.54) is 0 Å². The van der Waals surface area contributed by atoms with Gasteiger partial charge in [0.05, 0.1) is 10.7 Å². The van der Waals surface area contributed by atoms with Gasteiger partial charge in [-0.25, -0.2) is 4.98 Å². The molecule has 2 rings (SSSR count). The minimum atomic E-state index is 0.470. The quantitative estimate of drug-likeness (QED) is 0.506. The normalized spacial score (nSPS) is 11.7. The second kappa shape index (κ2) is 6.96. The molecule has 2 aromatic rings. The van der Waals surface area contributed by atoms with Gasteiger partial charge in [0.2, 0.25) is 0 Å². The first-order valence-corrected chi connectivity index (χ1v) is 7.62. The summed E-state index contributed by atoms with van der Waals surface area (Å²) in [6.07, 6.45) is 0.953. The molecule has 0 atom stereocenters. The van der Waals surface area contributed by atoms with E-state index >= 15 is 0 Å². The second-order valence-corrected chi connectivity index (χ2v) is 5.72. The molecule has 2 N–H and O–H groups in total. The molecular formula is C16H18ClN3S. The van der Waals surface area contributed by atoms with Crippen LogP contribution in [0.1, 0.15) is 24.6 Å². The van der Waals surface area contributed by atoms with E-state index in [-0.39, 0.29) is 0 Å². The summed E-state index contributed by atoms with van der Waals surface area (Å²) in [4.78, 5) is 9.77. The highest BCUT2D eigenvalue weighted by Gasteiger charge is 2.10. The summed E-state index contributed by atoms with van der Waals surface area (Å²) in [7, 11) is 0. The van der Waals surface area contributed by atoms with Gasteiger partial charge in [0.15, 0.2) is 0 Å². The Morgan fingerprint density at radius 2 is 2.10 bits per heavy atom. The fourth-order valence-electron chi connectivity index (χ4n) is 1.96. The van der Waals surface area contributed by atoms with Crippen molar-refractivity contribution in [3.63, 3.8) is 0 Å². The van der Waals surface area contributed by atoms with Gasteiger partial charge in [-0.2, -0.15) is 0 Å². The summed E-state index contributed by atoms with van der Waals surface area (Å²) >= 11 is 10.5. The third-order valence-electron chi connectivity index (χ3n) is 3.07. The van der Waals surface area contributed by atoms with Crippen molar-refractivity contribution in [2.75, 3.05) is 6.54 Å². The molecule has 0 radical (unpaired) electrons. The van der Waals surface area contributed by atoms with Gasteiger partial charge >= 0.3 is 0 Å². The van der Waals surface area contributed by atoms with E-state index in [9.17, 15) is 0 Å². The van der Waals surface area contributed by atoms with Crippen LogP contribution in [0, 0.1) is 6.92 Å². The number of halogens is 1. The van der Waals surface area contributed by atoms with Crippen molar-refractivity contribution in [1.82, 2.24) is 4.98 Å². The standard InChI is InChI=1S/C16H18ClN3S/c1-3-8-19-16(18)15-10(2)4-7-14(20-15)12-6-5-11(21)9-13(12)17/h4-7,9,21H,3,8H2,1-2H3,(H2,18,19). The molecule has 0 bridgehead atoms. The van der Waals surface area contributed by atoms with Gasteiger partial charge in [-0.15, -0.1) is 12.6 Å². The van der Waals surface area contributed by atoms with Gasteiger partial charge in [-0.05, 0) is 37.1 Å². The van der Waals surface area contributed by atoms with Crippen LogP contribution in [0.5, 0.6) is 0 Å². The number of aromatic nitrogens is 1. The highest BCUT2D eigenvalue weighted by atomic mass is 35.5. The summed E-state index contributed by atoms with van der Waals surface area (Å²) in [6, 6.07) is 9.52. The lowest BCUT2D eigenvalue weighted by Crippen LogP contribution is -2.17. The molecule has 0 fully saturated rings. The molecule has 5 heteroatoms. The third kappa shape index (κ3) is 3.77. The minimum absolute atomic E-state index is 0.470. The minimum Gasteiger partial charge on any atom is -0.382 e. The number of benzene rings is 1. The molecule has 0 aliphatic rings. The summed E-state index contributed by atoms with van der Waals surface area (Å²) < 4.78 is 0. The summed E-state index contributed by atoms with van der Waals surface area (Å²) in [5, 5.41) is 0.619. The SMILES string of the molecule is CCC/N=C(/N)c1nc(-c2ccc(S)cc2Cl)ccc1C. The Kier molecular flexibility index (Phi) is 5.26. The monoisotopic (exact) mass is 319 g/mol. The molecule has 1 heterocycles. The first-order chi connectivity index (χ1) is 10.0. The van der Waals surface area contributed by atoms with E-state index in [1.54, 1.807) is 6.07 Å². The van der Waals surface area contributed by atoms with E-state index in [4.69, 9.17) is 17.3 Å². The fraction of sp³-hybridized carbons (Fsp3) is 0.250.